The van der Waals surface area contributed by atoms with Crippen molar-refractivity contribution in [2.45, 2.75) is 12.2 Å². The number of aryl methyl sites for hydroxylation is 2. The number of nitrogens with one attached hydrogen (secondary N) is 1. The molecule has 2 heterocycles. The lowest BCUT2D eigenvalue weighted by Crippen LogP contribution is -2.15. The van der Waals surface area contributed by atoms with Crippen LogP contribution < -0.4 is 5.32 Å². The van der Waals surface area contributed by atoms with Gasteiger partial charge in [-0.25, -0.2) is 4.39 Å². The van der Waals surface area contributed by atoms with Gasteiger partial charge in [-0.2, -0.15) is 5.10 Å². The summed E-state index contributed by atoms with van der Waals surface area (Å²) in [5.41, 5.74) is 2.66. The Kier molecular flexibility index (Phi) is 3.25. The number of thioether (sulfide) groups is 1. The molecule has 1 aromatic heterocycles. The van der Waals surface area contributed by atoms with Crippen molar-refractivity contribution in [2.24, 2.45) is 7.05 Å². The van der Waals surface area contributed by atoms with Gasteiger partial charge < -0.3 is 5.32 Å². The zero-order valence-corrected chi connectivity index (χ0v) is 12.0. The van der Waals surface area contributed by atoms with E-state index >= 15 is 0 Å². The maximum atomic E-state index is 13.5. The van der Waals surface area contributed by atoms with Crippen LogP contribution in [0.4, 0.5) is 10.2 Å². The largest absolute Gasteiger partial charge is 0.310 e. The molecule has 1 N–H and O–H groups in total. The van der Waals surface area contributed by atoms with Crippen LogP contribution in [0.3, 0.4) is 0 Å². The summed E-state index contributed by atoms with van der Waals surface area (Å²) in [4.78, 5) is 11.8. The molecule has 2 aromatic rings. The van der Waals surface area contributed by atoms with Gasteiger partial charge in [-0.05, 0) is 24.6 Å². The number of benzene rings is 1. The highest BCUT2D eigenvalue weighted by Gasteiger charge is 2.29. The lowest BCUT2D eigenvalue weighted by Gasteiger charge is -2.15. The van der Waals surface area contributed by atoms with Crippen molar-refractivity contribution >= 4 is 23.5 Å². The molecule has 4 nitrogen and oxygen atoms in total. The lowest BCUT2D eigenvalue weighted by molar-refractivity contribution is -0.113. The Morgan fingerprint density at radius 1 is 1.50 bits per heavy atom. The van der Waals surface area contributed by atoms with Crippen molar-refractivity contribution in [1.82, 2.24) is 9.78 Å². The van der Waals surface area contributed by atoms with Crippen molar-refractivity contribution in [3.8, 4) is 0 Å². The van der Waals surface area contributed by atoms with E-state index in [1.807, 2.05) is 13.0 Å². The van der Waals surface area contributed by atoms with E-state index in [0.717, 1.165) is 16.8 Å². The zero-order chi connectivity index (χ0) is 14.3. The fourth-order valence-corrected chi connectivity index (χ4v) is 3.66. The van der Waals surface area contributed by atoms with Gasteiger partial charge in [0.15, 0.2) is 0 Å². The Morgan fingerprint density at radius 3 is 3.05 bits per heavy atom. The minimum absolute atomic E-state index is 0.0573. The molecule has 1 aliphatic heterocycles. The van der Waals surface area contributed by atoms with Crippen molar-refractivity contribution in [1.29, 1.82) is 0 Å². The first-order chi connectivity index (χ1) is 9.56. The molecule has 3 rings (SSSR count). The second kappa shape index (κ2) is 4.94. The van der Waals surface area contributed by atoms with Crippen LogP contribution >= 0.6 is 11.8 Å². The van der Waals surface area contributed by atoms with Gasteiger partial charge in [0.05, 0.1) is 16.7 Å². The van der Waals surface area contributed by atoms with Crippen LogP contribution in [-0.2, 0) is 11.8 Å². The molecule has 0 spiro atoms. The van der Waals surface area contributed by atoms with E-state index in [2.05, 4.69) is 10.4 Å². The van der Waals surface area contributed by atoms with E-state index in [-0.39, 0.29) is 17.0 Å². The van der Waals surface area contributed by atoms with E-state index in [4.69, 9.17) is 0 Å². The summed E-state index contributed by atoms with van der Waals surface area (Å²) in [7, 11) is 1.80. The summed E-state index contributed by atoms with van der Waals surface area (Å²) in [6, 6.07) is 6.51. The van der Waals surface area contributed by atoms with Gasteiger partial charge in [0.1, 0.15) is 11.6 Å². The molecule has 0 saturated carbocycles. The molecular weight excluding hydrogens is 277 g/mol. The predicted molar refractivity (Wildman–Crippen MR) is 77.3 cm³/mol. The number of hydrogen-bond donors (Lipinski definition) is 1. The van der Waals surface area contributed by atoms with Crippen LogP contribution in [0.15, 0.2) is 24.3 Å². The number of carbonyl (C=O) groups is 1. The average molecular weight is 291 g/mol. The van der Waals surface area contributed by atoms with Crippen LogP contribution in [0.25, 0.3) is 0 Å². The average Bonchev–Trinajstić information content (AvgIpc) is 2.59. The molecule has 0 saturated heterocycles. The molecule has 104 valence electrons. The fraction of sp³-hybridized carbons (Fsp3) is 0.286. The van der Waals surface area contributed by atoms with Gasteiger partial charge in [0.25, 0.3) is 0 Å². The highest BCUT2D eigenvalue weighted by Crippen LogP contribution is 2.42. The monoisotopic (exact) mass is 291 g/mol. The quantitative estimate of drug-likeness (QED) is 0.878. The number of nitrogens with zero attached hydrogens (tertiary/aromatic N) is 2. The van der Waals surface area contributed by atoms with E-state index in [9.17, 15) is 9.18 Å². The summed E-state index contributed by atoms with van der Waals surface area (Å²) in [6.45, 7) is 1.91. The first-order valence-corrected chi connectivity index (χ1v) is 7.31. The van der Waals surface area contributed by atoms with E-state index in [0.29, 0.717) is 11.6 Å². The van der Waals surface area contributed by atoms with Crippen molar-refractivity contribution < 1.29 is 9.18 Å². The summed E-state index contributed by atoms with van der Waals surface area (Å²) in [5, 5.41) is 7.15. The fourth-order valence-electron chi connectivity index (χ4n) is 2.48. The van der Waals surface area contributed by atoms with Crippen LogP contribution in [0.1, 0.15) is 22.1 Å². The molecular formula is C14H14FN3OS. The van der Waals surface area contributed by atoms with Gasteiger partial charge in [-0.1, -0.05) is 12.1 Å². The molecule has 6 heteroatoms. The smallest absolute Gasteiger partial charge is 0.235 e. The van der Waals surface area contributed by atoms with Crippen LogP contribution in [0.5, 0.6) is 0 Å². The third kappa shape index (κ3) is 2.20. The number of aromatic nitrogens is 2. The summed E-state index contributed by atoms with van der Waals surface area (Å²) in [6.07, 6.45) is 0. The third-order valence-corrected chi connectivity index (χ3v) is 4.59. The Labute approximate surface area is 120 Å². The summed E-state index contributed by atoms with van der Waals surface area (Å²) >= 11 is 1.49. The topological polar surface area (TPSA) is 46.9 Å². The molecule has 20 heavy (non-hydrogen) atoms. The summed E-state index contributed by atoms with van der Waals surface area (Å²) in [5.74, 6) is 0.717. The molecule has 0 bridgehead atoms. The highest BCUT2D eigenvalue weighted by molar-refractivity contribution is 8.00. The molecule has 0 radical (unpaired) electrons. The van der Waals surface area contributed by atoms with E-state index in [1.54, 1.807) is 17.8 Å². The Hall–Kier alpha value is -1.82. The zero-order valence-electron chi connectivity index (χ0n) is 11.2. The van der Waals surface area contributed by atoms with Crippen molar-refractivity contribution in [3.63, 3.8) is 0 Å². The second-order valence-corrected chi connectivity index (χ2v) is 5.86. The SMILES string of the molecule is Cc1nn(C)c2c1C(c1cccc(F)c1)SCC(=O)N2. The maximum Gasteiger partial charge on any atom is 0.235 e. The number of halogens is 1. The predicted octanol–water partition coefficient (Wildman–Crippen LogP) is 2.64. The number of rotatable bonds is 1. The van der Waals surface area contributed by atoms with Crippen molar-refractivity contribution in [2.75, 3.05) is 11.1 Å². The Balaban J connectivity index is 2.15. The molecule has 1 unspecified atom stereocenters. The van der Waals surface area contributed by atoms with E-state index < -0.39 is 0 Å². The van der Waals surface area contributed by atoms with Gasteiger partial charge in [-0.15, -0.1) is 11.8 Å². The molecule has 0 aliphatic carbocycles. The summed E-state index contributed by atoms with van der Waals surface area (Å²) < 4.78 is 15.1. The maximum absolute atomic E-state index is 13.5. The van der Waals surface area contributed by atoms with Crippen LogP contribution in [0, 0.1) is 12.7 Å². The number of anilines is 1. The van der Waals surface area contributed by atoms with Gasteiger partial charge >= 0.3 is 0 Å². The minimum Gasteiger partial charge on any atom is -0.310 e. The standard InChI is InChI=1S/C14H14FN3OS/c1-8-12-13(9-4-3-5-10(15)6-9)20-7-11(19)16-14(12)18(2)17-8/h3-6,13H,7H2,1-2H3,(H,16,19). The van der Waals surface area contributed by atoms with E-state index in [1.165, 1.54) is 23.9 Å². The lowest BCUT2D eigenvalue weighted by atomic mass is 10.0. The Morgan fingerprint density at radius 2 is 2.30 bits per heavy atom. The highest BCUT2D eigenvalue weighted by atomic mass is 32.2. The molecule has 0 fully saturated rings. The second-order valence-electron chi connectivity index (χ2n) is 4.77. The number of carbonyl (C=O) groups excluding carboxylic acids is 1. The van der Waals surface area contributed by atoms with Crippen LogP contribution in [-0.4, -0.2) is 21.4 Å². The van der Waals surface area contributed by atoms with Crippen LogP contribution in [0.2, 0.25) is 0 Å². The Bertz CT molecular complexity index is 683. The van der Waals surface area contributed by atoms with Gasteiger partial charge in [0.2, 0.25) is 5.91 Å². The molecule has 1 aromatic carbocycles. The molecule has 1 aliphatic rings. The molecule has 1 amide bonds. The minimum atomic E-state index is -0.269. The first-order valence-electron chi connectivity index (χ1n) is 6.26. The van der Waals surface area contributed by atoms with Gasteiger partial charge in [-0.3, -0.25) is 9.48 Å². The van der Waals surface area contributed by atoms with Crippen molar-refractivity contribution in [3.05, 3.63) is 46.9 Å². The molecule has 1 atom stereocenters. The number of fused-ring (bicyclic) bond motifs is 1. The number of amides is 1. The third-order valence-electron chi connectivity index (χ3n) is 3.32. The number of hydrogen-bond acceptors (Lipinski definition) is 3. The van der Waals surface area contributed by atoms with Gasteiger partial charge in [0, 0.05) is 12.6 Å². The first kappa shape index (κ1) is 13.2. The normalized spacial score (nSPS) is 18.4.